The van der Waals surface area contributed by atoms with Gasteiger partial charge in [-0.05, 0) is 34.1 Å². The molecule has 0 aliphatic rings. The van der Waals surface area contributed by atoms with E-state index in [9.17, 15) is 26.0 Å². The molecule has 0 amide bonds. The summed E-state index contributed by atoms with van der Waals surface area (Å²) in [5.74, 6) is -1.49. The lowest BCUT2D eigenvalue weighted by Gasteiger charge is -2.12. The number of hydrogen-bond donors (Lipinski definition) is 1. The van der Waals surface area contributed by atoms with Gasteiger partial charge in [0.05, 0.1) is 10.5 Å². The smallest absolute Gasteiger partial charge is 0.207 e. The summed E-state index contributed by atoms with van der Waals surface area (Å²) in [6.45, 7) is -0.598. The van der Waals surface area contributed by atoms with E-state index in [1.807, 2.05) is 0 Å². The fraction of sp³-hybridized carbons (Fsp3) is 0.143. The van der Waals surface area contributed by atoms with E-state index in [-0.39, 0.29) is 9.37 Å². The van der Waals surface area contributed by atoms with Crippen LogP contribution in [0.4, 0.5) is 17.6 Å². The molecule has 0 saturated carbocycles. The van der Waals surface area contributed by atoms with Crippen LogP contribution in [0, 0.1) is 5.82 Å². The van der Waals surface area contributed by atoms with Gasteiger partial charge in [0.1, 0.15) is 5.82 Å². The van der Waals surface area contributed by atoms with Crippen molar-refractivity contribution in [1.82, 2.24) is 4.72 Å². The second kappa shape index (κ2) is 6.58. The number of halogens is 5. The standard InChI is InChI=1S/C14H10BrF4NO2S/c15-11-6-1-2-7-12(11)23(21,22)20-8-9-4-3-5-10(13(9)16)14(17,18)19/h1-7,20H,8H2. The number of alkyl halides is 3. The van der Waals surface area contributed by atoms with Crippen LogP contribution in [-0.4, -0.2) is 8.42 Å². The van der Waals surface area contributed by atoms with Crippen molar-refractivity contribution in [2.45, 2.75) is 17.6 Å². The van der Waals surface area contributed by atoms with Crippen LogP contribution in [0.5, 0.6) is 0 Å². The third kappa shape index (κ3) is 4.10. The Morgan fingerprint density at radius 1 is 1.04 bits per heavy atom. The molecular formula is C14H10BrF4NO2S. The Hall–Kier alpha value is -1.45. The van der Waals surface area contributed by atoms with Crippen LogP contribution in [-0.2, 0) is 22.7 Å². The maximum atomic E-state index is 13.9. The molecule has 124 valence electrons. The molecule has 23 heavy (non-hydrogen) atoms. The summed E-state index contributed by atoms with van der Waals surface area (Å²) < 4.78 is 78.4. The molecule has 9 heteroatoms. The molecular weight excluding hydrogens is 402 g/mol. The monoisotopic (exact) mass is 411 g/mol. The van der Waals surface area contributed by atoms with Gasteiger partial charge in [-0.3, -0.25) is 0 Å². The fourth-order valence-corrected chi connectivity index (χ4v) is 3.86. The topological polar surface area (TPSA) is 46.2 Å². The highest BCUT2D eigenvalue weighted by atomic mass is 79.9. The molecule has 2 aromatic rings. The fourth-order valence-electron chi connectivity index (χ4n) is 1.85. The Bertz CT molecular complexity index is 822. The third-order valence-electron chi connectivity index (χ3n) is 2.96. The van der Waals surface area contributed by atoms with Gasteiger partial charge in [-0.15, -0.1) is 0 Å². The normalized spacial score (nSPS) is 12.4. The SMILES string of the molecule is O=S(=O)(NCc1cccc(C(F)(F)F)c1F)c1ccccc1Br. The van der Waals surface area contributed by atoms with Crippen LogP contribution in [0.15, 0.2) is 51.8 Å². The molecule has 1 N–H and O–H groups in total. The zero-order chi connectivity index (χ0) is 17.3. The summed E-state index contributed by atoms with van der Waals surface area (Å²) in [4.78, 5) is -0.0904. The van der Waals surface area contributed by atoms with Gasteiger partial charge in [0, 0.05) is 16.6 Å². The summed E-state index contributed by atoms with van der Waals surface area (Å²) in [5.41, 5.74) is -1.83. The Kier molecular flexibility index (Phi) is 5.12. The van der Waals surface area contributed by atoms with Gasteiger partial charge in [0.25, 0.3) is 0 Å². The first-order valence-corrected chi connectivity index (χ1v) is 8.49. The van der Waals surface area contributed by atoms with E-state index in [1.165, 1.54) is 18.2 Å². The van der Waals surface area contributed by atoms with Crippen molar-refractivity contribution in [1.29, 1.82) is 0 Å². The molecule has 0 unspecified atom stereocenters. The van der Waals surface area contributed by atoms with Crippen LogP contribution in [0.25, 0.3) is 0 Å². The molecule has 3 nitrogen and oxygen atoms in total. The number of hydrogen-bond acceptors (Lipinski definition) is 2. The van der Waals surface area contributed by atoms with Gasteiger partial charge in [-0.25, -0.2) is 17.5 Å². The second-order valence-corrected chi connectivity index (χ2v) is 7.12. The lowest BCUT2D eigenvalue weighted by Crippen LogP contribution is -2.24. The van der Waals surface area contributed by atoms with Crippen molar-refractivity contribution >= 4 is 26.0 Å². The third-order valence-corrected chi connectivity index (χ3v) is 5.38. The quantitative estimate of drug-likeness (QED) is 0.770. The average Bonchev–Trinajstić information content (AvgIpc) is 2.45. The molecule has 2 aromatic carbocycles. The lowest BCUT2D eigenvalue weighted by molar-refractivity contribution is -0.140. The van der Waals surface area contributed by atoms with Crippen LogP contribution in [0.1, 0.15) is 11.1 Å². The number of rotatable bonds is 4. The molecule has 0 radical (unpaired) electrons. The molecule has 0 aromatic heterocycles. The van der Waals surface area contributed by atoms with Gasteiger partial charge in [-0.2, -0.15) is 13.2 Å². The Morgan fingerprint density at radius 3 is 2.30 bits per heavy atom. The first-order valence-electron chi connectivity index (χ1n) is 6.21. The van der Waals surface area contributed by atoms with E-state index >= 15 is 0 Å². The van der Waals surface area contributed by atoms with Crippen LogP contribution in [0.2, 0.25) is 0 Å². The first-order chi connectivity index (χ1) is 10.6. The van der Waals surface area contributed by atoms with Crippen molar-refractivity contribution in [3.63, 3.8) is 0 Å². The molecule has 2 rings (SSSR count). The van der Waals surface area contributed by atoms with Crippen molar-refractivity contribution in [2.75, 3.05) is 0 Å². The number of sulfonamides is 1. The highest BCUT2D eigenvalue weighted by Crippen LogP contribution is 2.32. The summed E-state index contributed by atoms with van der Waals surface area (Å²) in [6.07, 6.45) is -4.85. The van der Waals surface area contributed by atoms with E-state index < -0.39 is 39.7 Å². The van der Waals surface area contributed by atoms with Crippen molar-refractivity contribution in [3.05, 3.63) is 63.9 Å². The maximum absolute atomic E-state index is 13.9. The lowest BCUT2D eigenvalue weighted by atomic mass is 10.1. The van der Waals surface area contributed by atoms with Gasteiger partial charge in [0.15, 0.2) is 0 Å². The van der Waals surface area contributed by atoms with Gasteiger partial charge in [0.2, 0.25) is 10.0 Å². The molecule has 0 aliphatic carbocycles. The molecule has 0 spiro atoms. The zero-order valence-electron chi connectivity index (χ0n) is 11.4. The predicted octanol–water partition coefficient (Wildman–Crippen LogP) is 4.09. The van der Waals surface area contributed by atoms with E-state index in [4.69, 9.17) is 0 Å². The van der Waals surface area contributed by atoms with E-state index in [2.05, 4.69) is 20.7 Å². The van der Waals surface area contributed by atoms with E-state index in [0.29, 0.717) is 6.07 Å². The second-order valence-electron chi connectivity index (χ2n) is 4.53. The highest BCUT2D eigenvalue weighted by molar-refractivity contribution is 9.10. The van der Waals surface area contributed by atoms with Crippen molar-refractivity contribution in [2.24, 2.45) is 0 Å². The minimum Gasteiger partial charge on any atom is -0.207 e. The van der Waals surface area contributed by atoms with Gasteiger partial charge in [-0.1, -0.05) is 24.3 Å². The largest absolute Gasteiger partial charge is 0.419 e. The molecule has 0 bridgehead atoms. The Balaban J connectivity index is 2.27. The molecule has 0 atom stereocenters. The van der Waals surface area contributed by atoms with E-state index in [1.54, 1.807) is 6.07 Å². The van der Waals surface area contributed by atoms with Crippen LogP contribution in [0.3, 0.4) is 0 Å². The molecule has 0 fully saturated rings. The summed E-state index contributed by atoms with van der Waals surface area (Å²) >= 11 is 3.07. The summed E-state index contributed by atoms with van der Waals surface area (Å²) in [7, 11) is -4.00. The van der Waals surface area contributed by atoms with Gasteiger partial charge < -0.3 is 0 Å². The first kappa shape index (κ1) is 17.9. The van der Waals surface area contributed by atoms with Crippen molar-refractivity contribution < 1.29 is 26.0 Å². The molecule has 0 aliphatic heterocycles. The number of nitrogens with one attached hydrogen (secondary N) is 1. The summed E-state index contributed by atoms with van der Waals surface area (Å²) in [6, 6.07) is 8.62. The molecule has 0 heterocycles. The highest BCUT2D eigenvalue weighted by Gasteiger charge is 2.34. The minimum atomic E-state index is -4.85. The van der Waals surface area contributed by atoms with Gasteiger partial charge >= 0.3 is 6.18 Å². The van der Waals surface area contributed by atoms with E-state index in [0.717, 1.165) is 12.1 Å². The van der Waals surface area contributed by atoms with Crippen LogP contribution >= 0.6 is 15.9 Å². The average molecular weight is 412 g/mol. The zero-order valence-corrected chi connectivity index (χ0v) is 13.8. The Labute approximate surface area is 138 Å². The summed E-state index contributed by atoms with van der Waals surface area (Å²) in [5, 5.41) is 0. The number of benzene rings is 2. The van der Waals surface area contributed by atoms with Crippen molar-refractivity contribution in [3.8, 4) is 0 Å². The molecule has 0 saturated heterocycles. The predicted molar refractivity (Wildman–Crippen MR) is 79.6 cm³/mol. The minimum absolute atomic E-state index is 0.0904. The Morgan fingerprint density at radius 2 is 1.70 bits per heavy atom. The van der Waals surface area contributed by atoms with Crippen LogP contribution < -0.4 is 4.72 Å². The maximum Gasteiger partial charge on any atom is 0.419 e.